The van der Waals surface area contributed by atoms with E-state index in [1.54, 1.807) is 6.07 Å². The number of hydrogen-bond donors (Lipinski definition) is 1. The predicted molar refractivity (Wildman–Crippen MR) is 88.5 cm³/mol. The van der Waals surface area contributed by atoms with Crippen molar-refractivity contribution in [3.8, 4) is 0 Å². The van der Waals surface area contributed by atoms with Crippen molar-refractivity contribution < 1.29 is 9.72 Å². The lowest BCUT2D eigenvalue weighted by Crippen LogP contribution is -2.33. The molecule has 124 valence electrons. The molecule has 0 radical (unpaired) electrons. The summed E-state index contributed by atoms with van der Waals surface area (Å²) in [5.74, 6) is -0.0533. The second-order valence-corrected chi connectivity index (χ2v) is 5.72. The third-order valence-electron chi connectivity index (χ3n) is 3.86. The molecule has 0 unspecified atom stereocenters. The number of nitrogens with zero attached hydrogens (tertiary/aromatic N) is 4. The van der Waals surface area contributed by atoms with Gasteiger partial charge in [0.2, 0.25) is 5.95 Å². The van der Waals surface area contributed by atoms with Gasteiger partial charge in [0, 0.05) is 11.6 Å². The first-order valence-electron chi connectivity index (χ1n) is 7.37. The van der Waals surface area contributed by atoms with E-state index >= 15 is 0 Å². The van der Waals surface area contributed by atoms with Gasteiger partial charge in [-0.05, 0) is 31.7 Å². The van der Waals surface area contributed by atoms with Crippen LogP contribution in [0, 0.1) is 10.1 Å². The van der Waals surface area contributed by atoms with Crippen LogP contribution < -0.4 is 10.6 Å². The average Bonchev–Trinajstić information content (AvgIpc) is 2.55. The second-order valence-electron chi connectivity index (χ2n) is 5.37. The van der Waals surface area contributed by atoms with E-state index in [1.807, 2.05) is 0 Å². The van der Waals surface area contributed by atoms with Gasteiger partial charge < -0.3 is 5.73 Å². The van der Waals surface area contributed by atoms with Gasteiger partial charge in [-0.25, -0.2) is 14.7 Å². The molecule has 2 aromatic rings. The molecule has 3 rings (SSSR count). The number of nitro groups is 1. The first kappa shape index (κ1) is 16.1. The summed E-state index contributed by atoms with van der Waals surface area (Å²) in [6.45, 7) is 0. The molecule has 1 aliphatic rings. The number of rotatable bonds is 3. The molecule has 9 heteroatoms. The molecule has 24 heavy (non-hydrogen) atoms. The Labute approximate surface area is 142 Å². The maximum atomic E-state index is 12.0. The number of carbonyl (C=O) groups excluding carboxylic acids is 1. The van der Waals surface area contributed by atoms with Crippen molar-refractivity contribution in [3.63, 3.8) is 0 Å². The number of anilines is 2. The van der Waals surface area contributed by atoms with Crippen LogP contribution in [-0.4, -0.2) is 20.9 Å². The predicted octanol–water partition coefficient (Wildman–Crippen LogP) is 3.13. The Morgan fingerprint density at radius 1 is 1.25 bits per heavy atom. The van der Waals surface area contributed by atoms with Crippen LogP contribution in [-0.2, 0) is 12.8 Å². The fourth-order valence-electron chi connectivity index (χ4n) is 2.77. The zero-order chi connectivity index (χ0) is 17.3. The van der Waals surface area contributed by atoms with Crippen molar-refractivity contribution in [2.75, 3.05) is 4.90 Å². The zero-order valence-electron chi connectivity index (χ0n) is 12.6. The van der Waals surface area contributed by atoms with Crippen molar-refractivity contribution in [3.05, 3.63) is 50.8 Å². The number of primary amides is 1. The van der Waals surface area contributed by atoms with Crippen molar-refractivity contribution in [1.82, 2.24) is 9.97 Å². The lowest BCUT2D eigenvalue weighted by atomic mass is 9.97. The number of urea groups is 1. The van der Waals surface area contributed by atoms with Crippen LogP contribution in [0.1, 0.15) is 24.1 Å². The Hall–Kier alpha value is -2.74. The molecule has 1 aromatic carbocycles. The Bertz CT molecular complexity index is 827. The van der Waals surface area contributed by atoms with Crippen LogP contribution in [0.5, 0.6) is 0 Å². The Kier molecular flexibility index (Phi) is 4.30. The third kappa shape index (κ3) is 2.88. The van der Waals surface area contributed by atoms with Gasteiger partial charge in [0.05, 0.1) is 10.6 Å². The van der Waals surface area contributed by atoms with Gasteiger partial charge in [0.1, 0.15) is 10.8 Å². The highest BCUT2D eigenvalue weighted by Gasteiger charge is 2.28. The highest BCUT2D eigenvalue weighted by molar-refractivity contribution is 6.30. The lowest BCUT2D eigenvalue weighted by molar-refractivity contribution is -0.384. The Morgan fingerprint density at radius 2 is 1.96 bits per heavy atom. The van der Waals surface area contributed by atoms with E-state index in [4.69, 9.17) is 17.3 Å². The smallest absolute Gasteiger partial charge is 0.326 e. The Balaban J connectivity index is 2.16. The summed E-state index contributed by atoms with van der Waals surface area (Å²) in [6.07, 6.45) is 3.45. The number of hydrogen-bond acceptors (Lipinski definition) is 5. The largest absolute Gasteiger partial charge is 0.351 e. The minimum Gasteiger partial charge on any atom is -0.351 e. The molecule has 0 saturated carbocycles. The van der Waals surface area contributed by atoms with Crippen molar-refractivity contribution >= 4 is 35.0 Å². The monoisotopic (exact) mass is 347 g/mol. The third-order valence-corrected chi connectivity index (χ3v) is 4.17. The number of nitrogens with two attached hydrogens (primary N) is 1. The topological polar surface area (TPSA) is 115 Å². The number of aromatic nitrogens is 2. The molecule has 0 aliphatic heterocycles. The summed E-state index contributed by atoms with van der Waals surface area (Å²) in [4.78, 5) is 32.0. The fourth-order valence-corrected chi connectivity index (χ4v) is 3.05. The highest BCUT2D eigenvalue weighted by Crippen LogP contribution is 2.34. The van der Waals surface area contributed by atoms with Gasteiger partial charge in [-0.1, -0.05) is 23.7 Å². The molecular formula is C15H14ClN5O3. The summed E-state index contributed by atoms with van der Waals surface area (Å²) in [6, 6.07) is 4.85. The van der Waals surface area contributed by atoms with E-state index in [9.17, 15) is 14.9 Å². The number of para-hydroxylation sites is 2. The second kappa shape index (κ2) is 6.40. The Morgan fingerprint density at radius 3 is 2.67 bits per heavy atom. The van der Waals surface area contributed by atoms with Crippen LogP contribution in [0.3, 0.4) is 0 Å². The normalized spacial score (nSPS) is 13.2. The van der Waals surface area contributed by atoms with Gasteiger partial charge >= 0.3 is 6.03 Å². The quantitative estimate of drug-likeness (QED) is 0.520. The standard InChI is InChI=1S/C15H14ClN5O3/c16-13-9-5-1-2-6-10(9)18-15(19-13)20(14(17)22)11-7-3-4-8-12(11)21(23)24/h3-4,7-8H,1-2,5-6H2,(H2,17,22). The summed E-state index contributed by atoms with van der Waals surface area (Å²) in [5, 5.41) is 11.5. The van der Waals surface area contributed by atoms with Crippen molar-refractivity contribution in [2.24, 2.45) is 5.73 Å². The number of fused-ring (bicyclic) bond motifs is 1. The molecule has 0 spiro atoms. The summed E-state index contributed by atoms with van der Waals surface area (Å²) in [5.41, 5.74) is 6.78. The number of halogens is 1. The number of aryl methyl sites for hydroxylation is 1. The minimum atomic E-state index is -0.920. The molecule has 8 nitrogen and oxygen atoms in total. The van der Waals surface area contributed by atoms with Crippen molar-refractivity contribution in [2.45, 2.75) is 25.7 Å². The van der Waals surface area contributed by atoms with E-state index in [0.29, 0.717) is 6.42 Å². The van der Waals surface area contributed by atoms with Gasteiger partial charge in [-0.2, -0.15) is 4.98 Å². The minimum absolute atomic E-state index is 0.00169. The van der Waals surface area contributed by atoms with Gasteiger partial charge in [0.25, 0.3) is 5.69 Å². The van der Waals surface area contributed by atoms with E-state index in [1.165, 1.54) is 18.2 Å². The van der Waals surface area contributed by atoms with Gasteiger partial charge in [0.15, 0.2) is 0 Å². The van der Waals surface area contributed by atoms with E-state index < -0.39 is 11.0 Å². The first-order chi connectivity index (χ1) is 11.5. The first-order valence-corrected chi connectivity index (χ1v) is 7.75. The number of benzene rings is 1. The van der Waals surface area contributed by atoms with Crippen LogP contribution >= 0.6 is 11.6 Å². The highest BCUT2D eigenvalue weighted by atomic mass is 35.5. The number of amides is 2. The van der Waals surface area contributed by atoms with Crippen LogP contribution in [0.15, 0.2) is 24.3 Å². The average molecular weight is 348 g/mol. The van der Waals surface area contributed by atoms with Crippen LogP contribution in [0.25, 0.3) is 0 Å². The molecule has 1 aromatic heterocycles. The molecule has 0 atom stereocenters. The molecule has 0 saturated heterocycles. The zero-order valence-corrected chi connectivity index (χ0v) is 13.4. The molecule has 1 aliphatic carbocycles. The summed E-state index contributed by atoms with van der Waals surface area (Å²) in [7, 11) is 0. The molecule has 0 fully saturated rings. The summed E-state index contributed by atoms with van der Waals surface area (Å²) < 4.78 is 0. The number of nitro benzene ring substituents is 1. The maximum absolute atomic E-state index is 12.0. The van der Waals surface area contributed by atoms with Crippen LogP contribution in [0.2, 0.25) is 5.15 Å². The molecule has 0 bridgehead atoms. The van der Waals surface area contributed by atoms with E-state index in [2.05, 4.69) is 9.97 Å². The van der Waals surface area contributed by atoms with E-state index in [-0.39, 0.29) is 22.5 Å². The summed E-state index contributed by atoms with van der Waals surface area (Å²) >= 11 is 6.22. The van der Waals surface area contributed by atoms with Crippen molar-refractivity contribution in [1.29, 1.82) is 0 Å². The molecule has 2 N–H and O–H groups in total. The van der Waals surface area contributed by atoms with Gasteiger partial charge in [-0.3, -0.25) is 10.1 Å². The lowest BCUT2D eigenvalue weighted by Gasteiger charge is -2.22. The van der Waals surface area contributed by atoms with Crippen LogP contribution in [0.4, 0.5) is 22.1 Å². The molecule has 2 amide bonds. The number of carbonyl (C=O) groups is 1. The molecule has 1 heterocycles. The fraction of sp³-hybridized carbons (Fsp3) is 0.267. The SMILES string of the molecule is NC(=O)N(c1nc(Cl)c2c(n1)CCCC2)c1ccccc1[N+](=O)[O-]. The van der Waals surface area contributed by atoms with Gasteiger partial charge in [-0.15, -0.1) is 0 Å². The molecular weight excluding hydrogens is 334 g/mol. The maximum Gasteiger partial charge on any atom is 0.326 e. The van der Waals surface area contributed by atoms with E-state index in [0.717, 1.165) is 35.4 Å².